The summed E-state index contributed by atoms with van der Waals surface area (Å²) in [5.74, 6) is -0.969. The maximum absolute atomic E-state index is 11.2. The van der Waals surface area contributed by atoms with Crippen LogP contribution in [0.15, 0.2) is 46.9 Å². The van der Waals surface area contributed by atoms with Gasteiger partial charge in [0.2, 0.25) is 0 Å². The van der Waals surface area contributed by atoms with Gasteiger partial charge in [-0.05, 0) is 61.3 Å². The fourth-order valence-electron chi connectivity index (χ4n) is 3.39. The van der Waals surface area contributed by atoms with Gasteiger partial charge in [-0.1, -0.05) is 57.3 Å². The van der Waals surface area contributed by atoms with Gasteiger partial charge < -0.3 is 5.11 Å². The fraction of sp³-hybridized carbons (Fsp3) is 0.316. The third-order valence-electron chi connectivity index (χ3n) is 4.67. The minimum absolute atomic E-state index is 0.0305. The van der Waals surface area contributed by atoms with E-state index < -0.39 is 5.97 Å². The lowest BCUT2D eigenvalue weighted by Gasteiger charge is -2.37. The van der Waals surface area contributed by atoms with E-state index in [1.165, 1.54) is 0 Å². The Bertz CT molecular complexity index is 776. The van der Waals surface area contributed by atoms with Gasteiger partial charge in [0.25, 0.3) is 0 Å². The van der Waals surface area contributed by atoms with Crippen molar-refractivity contribution in [2.75, 3.05) is 13.1 Å². The third-order valence-corrected chi connectivity index (χ3v) is 5.72. The zero-order valence-electron chi connectivity index (χ0n) is 13.5. The Kier molecular flexibility index (Phi) is 6.05. The molecule has 0 radical (unpaired) electrons. The minimum atomic E-state index is -0.705. The van der Waals surface area contributed by atoms with Gasteiger partial charge in [0.1, 0.15) is 0 Å². The van der Waals surface area contributed by atoms with E-state index in [9.17, 15) is 9.90 Å². The van der Waals surface area contributed by atoms with Crippen LogP contribution in [0, 0.1) is 5.92 Å². The van der Waals surface area contributed by atoms with Crippen molar-refractivity contribution in [2.45, 2.75) is 18.9 Å². The molecule has 1 unspecified atom stereocenters. The number of halogens is 3. The van der Waals surface area contributed by atoms with Gasteiger partial charge in [-0.15, -0.1) is 0 Å². The second-order valence-electron chi connectivity index (χ2n) is 6.27. The Morgan fingerprint density at radius 1 is 1.16 bits per heavy atom. The summed E-state index contributed by atoms with van der Waals surface area (Å²) in [5, 5.41) is 10.5. The van der Waals surface area contributed by atoms with Crippen molar-refractivity contribution in [3.05, 3.63) is 68.1 Å². The molecule has 0 spiro atoms. The molecule has 1 fully saturated rings. The van der Waals surface area contributed by atoms with Crippen LogP contribution in [0.25, 0.3) is 0 Å². The molecule has 2 aromatic carbocycles. The normalized spacial score (nSPS) is 17.4. The highest BCUT2D eigenvalue weighted by atomic mass is 79.9. The number of carboxylic acids is 1. The first-order valence-corrected chi connectivity index (χ1v) is 9.68. The largest absolute Gasteiger partial charge is 0.481 e. The first-order chi connectivity index (χ1) is 12.0. The lowest BCUT2D eigenvalue weighted by atomic mass is 9.91. The number of carbonyl (C=O) groups is 1. The van der Waals surface area contributed by atoms with Gasteiger partial charge in [-0.25, -0.2) is 0 Å². The predicted octanol–water partition coefficient (Wildman–Crippen LogP) is 5.64. The van der Waals surface area contributed by atoms with Gasteiger partial charge in [0.05, 0.1) is 12.0 Å². The molecule has 6 heteroatoms. The summed E-state index contributed by atoms with van der Waals surface area (Å²) in [7, 11) is 0. The van der Waals surface area contributed by atoms with E-state index in [2.05, 4.69) is 33.0 Å². The number of nitrogens with zero attached hydrogens (tertiary/aromatic N) is 1. The SMILES string of the molecule is O=C(O)C1CCN(C(c2cccc(Br)c2)c2ccc(Cl)cc2Cl)CC1. The molecule has 1 saturated heterocycles. The molecular formula is C19H18BrCl2NO2. The summed E-state index contributed by atoms with van der Waals surface area (Å²) in [4.78, 5) is 13.5. The number of hydrogen-bond donors (Lipinski definition) is 1. The van der Waals surface area contributed by atoms with Crippen molar-refractivity contribution in [1.82, 2.24) is 4.90 Å². The second kappa shape index (κ2) is 8.09. The molecule has 25 heavy (non-hydrogen) atoms. The van der Waals surface area contributed by atoms with Crippen LogP contribution in [0.5, 0.6) is 0 Å². The molecule has 3 nitrogen and oxygen atoms in total. The molecule has 1 aliphatic heterocycles. The molecule has 3 rings (SSSR count). The van der Waals surface area contributed by atoms with Crippen molar-refractivity contribution in [3.8, 4) is 0 Å². The van der Waals surface area contributed by atoms with E-state index >= 15 is 0 Å². The van der Waals surface area contributed by atoms with Crippen molar-refractivity contribution in [1.29, 1.82) is 0 Å². The molecule has 2 aromatic rings. The van der Waals surface area contributed by atoms with Gasteiger partial charge in [-0.2, -0.15) is 0 Å². The predicted molar refractivity (Wildman–Crippen MR) is 104 cm³/mol. The fourth-order valence-corrected chi connectivity index (χ4v) is 4.32. The van der Waals surface area contributed by atoms with Gasteiger partial charge in [0, 0.05) is 14.5 Å². The number of likely N-dealkylation sites (tertiary alicyclic amines) is 1. The second-order valence-corrected chi connectivity index (χ2v) is 8.03. The van der Waals surface area contributed by atoms with Crippen LogP contribution in [0.2, 0.25) is 10.0 Å². The lowest BCUT2D eigenvalue weighted by molar-refractivity contribution is -0.143. The summed E-state index contributed by atoms with van der Waals surface area (Å²) in [5.41, 5.74) is 2.10. The summed E-state index contributed by atoms with van der Waals surface area (Å²) in [6, 6.07) is 13.7. The van der Waals surface area contributed by atoms with Crippen molar-refractivity contribution >= 4 is 45.1 Å². The standard InChI is InChI=1S/C19H18BrCl2NO2/c20-14-3-1-2-13(10-14)18(16-5-4-15(21)11-17(16)22)23-8-6-12(7-9-23)19(24)25/h1-5,10-12,18H,6-9H2,(H,24,25). The minimum Gasteiger partial charge on any atom is -0.481 e. The summed E-state index contributed by atoms with van der Waals surface area (Å²) in [6.45, 7) is 1.43. The molecule has 1 aliphatic rings. The maximum atomic E-state index is 11.2. The first kappa shape index (κ1) is 18.7. The monoisotopic (exact) mass is 441 g/mol. The Hall–Kier alpha value is -1.07. The highest BCUT2D eigenvalue weighted by Crippen LogP contribution is 2.37. The van der Waals surface area contributed by atoms with E-state index in [0.29, 0.717) is 36.0 Å². The number of benzene rings is 2. The number of carboxylic acid groups (broad SMARTS) is 1. The Labute approximate surface area is 165 Å². The quantitative estimate of drug-likeness (QED) is 0.665. The summed E-state index contributed by atoms with van der Waals surface area (Å²) in [6.07, 6.45) is 1.29. The molecule has 0 bridgehead atoms. The molecule has 1 heterocycles. The van der Waals surface area contributed by atoms with Crippen LogP contribution in [0.3, 0.4) is 0 Å². The molecule has 0 saturated carbocycles. The molecule has 1 N–H and O–H groups in total. The lowest BCUT2D eigenvalue weighted by Crippen LogP contribution is -2.39. The zero-order valence-corrected chi connectivity index (χ0v) is 16.6. The third kappa shape index (κ3) is 4.37. The maximum Gasteiger partial charge on any atom is 0.306 e. The molecule has 1 atom stereocenters. The average Bonchev–Trinajstić information content (AvgIpc) is 2.58. The molecule has 0 aromatic heterocycles. The van der Waals surface area contributed by atoms with E-state index in [4.69, 9.17) is 23.2 Å². The number of piperidine rings is 1. The summed E-state index contributed by atoms with van der Waals surface area (Å²) >= 11 is 16.1. The average molecular weight is 443 g/mol. The van der Waals surface area contributed by atoms with Crippen LogP contribution >= 0.6 is 39.1 Å². The number of aliphatic carboxylic acids is 1. The number of hydrogen-bond acceptors (Lipinski definition) is 2. The molecular weight excluding hydrogens is 425 g/mol. The Balaban J connectivity index is 1.97. The highest BCUT2D eigenvalue weighted by Gasteiger charge is 2.31. The van der Waals surface area contributed by atoms with Gasteiger partial charge >= 0.3 is 5.97 Å². The zero-order chi connectivity index (χ0) is 18.0. The van der Waals surface area contributed by atoms with Crippen LogP contribution in [0.4, 0.5) is 0 Å². The smallest absolute Gasteiger partial charge is 0.306 e. The summed E-state index contributed by atoms with van der Waals surface area (Å²) < 4.78 is 1.00. The first-order valence-electron chi connectivity index (χ1n) is 8.13. The van der Waals surface area contributed by atoms with Crippen molar-refractivity contribution in [3.63, 3.8) is 0 Å². The van der Waals surface area contributed by atoms with E-state index in [0.717, 1.165) is 15.6 Å². The van der Waals surface area contributed by atoms with Gasteiger partial charge in [0.15, 0.2) is 0 Å². The Morgan fingerprint density at radius 2 is 1.88 bits per heavy atom. The Morgan fingerprint density at radius 3 is 2.48 bits per heavy atom. The van der Waals surface area contributed by atoms with E-state index in [1.54, 1.807) is 6.07 Å². The molecule has 132 valence electrons. The number of rotatable bonds is 4. The van der Waals surface area contributed by atoms with Crippen molar-refractivity contribution in [2.24, 2.45) is 5.92 Å². The van der Waals surface area contributed by atoms with Crippen LogP contribution < -0.4 is 0 Å². The topological polar surface area (TPSA) is 40.5 Å². The molecule has 0 amide bonds. The van der Waals surface area contributed by atoms with E-state index in [1.807, 2.05) is 24.3 Å². The highest BCUT2D eigenvalue weighted by molar-refractivity contribution is 9.10. The van der Waals surface area contributed by atoms with Crippen molar-refractivity contribution < 1.29 is 9.90 Å². The van der Waals surface area contributed by atoms with Gasteiger partial charge in [-0.3, -0.25) is 9.69 Å². The van der Waals surface area contributed by atoms with Crippen LogP contribution in [-0.4, -0.2) is 29.1 Å². The van der Waals surface area contributed by atoms with E-state index in [-0.39, 0.29) is 12.0 Å². The van der Waals surface area contributed by atoms with Crippen LogP contribution in [-0.2, 0) is 4.79 Å². The molecule has 0 aliphatic carbocycles. The van der Waals surface area contributed by atoms with Crippen LogP contribution in [0.1, 0.15) is 30.0 Å².